The molecule has 0 spiro atoms. The quantitative estimate of drug-likeness (QED) is 0.869. The Morgan fingerprint density at radius 3 is 3.12 bits per heavy atom. The molecule has 1 aromatic heterocycles. The van der Waals surface area contributed by atoms with Gasteiger partial charge in [0.15, 0.2) is 0 Å². The van der Waals surface area contributed by atoms with Crippen molar-refractivity contribution in [2.45, 2.75) is 25.9 Å². The molecule has 1 aromatic rings. The average Bonchev–Trinajstić information content (AvgIpc) is 2.86. The molecule has 1 fully saturated rings. The molecule has 1 aliphatic rings. The van der Waals surface area contributed by atoms with E-state index in [0.717, 1.165) is 18.5 Å². The van der Waals surface area contributed by atoms with Crippen molar-refractivity contribution in [3.8, 4) is 0 Å². The first-order chi connectivity index (χ1) is 7.66. The number of carbonyl (C=O) groups is 1. The zero-order valence-corrected chi connectivity index (χ0v) is 10.2. The number of carbonyl (C=O) groups excluding carboxylic acids is 1. The number of amides is 1. The molecule has 1 saturated heterocycles. The molecule has 3 nitrogen and oxygen atoms in total. The van der Waals surface area contributed by atoms with E-state index in [4.69, 9.17) is 0 Å². The molecule has 16 heavy (non-hydrogen) atoms. The molecule has 2 atom stereocenters. The van der Waals surface area contributed by atoms with E-state index in [2.05, 4.69) is 0 Å². The minimum atomic E-state index is -0.307. The fraction of sp³-hybridized carbons (Fsp3) is 0.583. The minimum absolute atomic E-state index is 0.182. The zero-order valence-electron chi connectivity index (χ0n) is 9.43. The van der Waals surface area contributed by atoms with Gasteiger partial charge in [0.1, 0.15) is 0 Å². The number of likely N-dealkylation sites (tertiary alicyclic amines) is 1. The van der Waals surface area contributed by atoms with Crippen LogP contribution in [0.1, 0.15) is 18.9 Å². The lowest BCUT2D eigenvalue weighted by Crippen LogP contribution is -2.31. The molecule has 1 N–H and O–H groups in total. The van der Waals surface area contributed by atoms with Gasteiger partial charge in [-0.3, -0.25) is 4.79 Å². The van der Waals surface area contributed by atoms with Crippen molar-refractivity contribution in [1.29, 1.82) is 0 Å². The van der Waals surface area contributed by atoms with Gasteiger partial charge in [-0.1, -0.05) is 0 Å². The molecule has 0 aliphatic carbocycles. The third kappa shape index (κ3) is 2.62. The van der Waals surface area contributed by atoms with Gasteiger partial charge in [-0.25, -0.2) is 0 Å². The van der Waals surface area contributed by atoms with Crippen molar-refractivity contribution < 1.29 is 9.90 Å². The summed E-state index contributed by atoms with van der Waals surface area (Å²) >= 11 is 1.62. The highest BCUT2D eigenvalue weighted by atomic mass is 32.1. The van der Waals surface area contributed by atoms with Gasteiger partial charge >= 0.3 is 0 Å². The van der Waals surface area contributed by atoms with Gasteiger partial charge in [-0.2, -0.15) is 11.3 Å². The SMILES string of the molecule is CC(O)C1CCN(C(=O)Cc2ccsc2)C1. The van der Waals surface area contributed by atoms with Crippen LogP contribution in [0.4, 0.5) is 0 Å². The Morgan fingerprint density at radius 1 is 1.75 bits per heavy atom. The van der Waals surface area contributed by atoms with Gasteiger partial charge in [-0.05, 0) is 35.7 Å². The summed E-state index contributed by atoms with van der Waals surface area (Å²) in [6.45, 7) is 3.30. The topological polar surface area (TPSA) is 40.5 Å². The van der Waals surface area contributed by atoms with E-state index in [1.807, 2.05) is 21.7 Å². The van der Waals surface area contributed by atoms with Crippen molar-refractivity contribution in [3.05, 3.63) is 22.4 Å². The first-order valence-electron chi connectivity index (χ1n) is 5.63. The standard InChI is InChI=1S/C12H17NO2S/c1-9(14)11-2-4-13(7-11)12(15)6-10-3-5-16-8-10/h3,5,8-9,11,14H,2,4,6-7H2,1H3. The Balaban J connectivity index is 1.87. The van der Waals surface area contributed by atoms with Gasteiger partial charge < -0.3 is 10.0 Å². The Bertz CT molecular complexity index is 348. The highest BCUT2D eigenvalue weighted by molar-refractivity contribution is 7.07. The van der Waals surface area contributed by atoms with Crippen LogP contribution < -0.4 is 0 Å². The molecular formula is C12H17NO2S. The second-order valence-corrected chi connectivity index (χ2v) is 5.22. The maximum Gasteiger partial charge on any atom is 0.227 e. The third-order valence-corrected chi connectivity index (χ3v) is 3.93. The first kappa shape index (κ1) is 11.6. The second-order valence-electron chi connectivity index (χ2n) is 4.44. The largest absolute Gasteiger partial charge is 0.393 e. The molecule has 0 radical (unpaired) electrons. The predicted molar refractivity (Wildman–Crippen MR) is 64.4 cm³/mol. The highest BCUT2D eigenvalue weighted by Crippen LogP contribution is 2.20. The van der Waals surface area contributed by atoms with Gasteiger partial charge in [0, 0.05) is 19.0 Å². The zero-order chi connectivity index (χ0) is 11.5. The summed E-state index contributed by atoms with van der Waals surface area (Å²) in [5, 5.41) is 13.5. The lowest BCUT2D eigenvalue weighted by atomic mass is 10.0. The summed E-state index contributed by atoms with van der Waals surface area (Å²) in [4.78, 5) is 13.8. The number of hydrogen-bond donors (Lipinski definition) is 1. The lowest BCUT2D eigenvalue weighted by Gasteiger charge is -2.17. The van der Waals surface area contributed by atoms with Crippen LogP contribution >= 0.6 is 11.3 Å². The van der Waals surface area contributed by atoms with Crippen LogP contribution in [0.15, 0.2) is 16.8 Å². The van der Waals surface area contributed by atoms with Crippen LogP contribution in [-0.2, 0) is 11.2 Å². The van der Waals surface area contributed by atoms with Gasteiger partial charge in [0.2, 0.25) is 5.91 Å². The summed E-state index contributed by atoms with van der Waals surface area (Å²) < 4.78 is 0. The van der Waals surface area contributed by atoms with Crippen LogP contribution in [0.3, 0.4) is 0 Å². The molecule has 1 amide bonds. The van der Waals surface area contributed by atoms with Crippen molar-refractivity contribution in [2.75, 3.05) is 13.1 Å². The molecule has 0 aromatic carbocycles. The Morgan fingerprint density at radius 2 is 2.56 bits per heavy atom. The molecule has 88 valence electrons. The van der Waals surface area contributed by atoms with Crippen LogP contribution in [0, 0.1) is 5.92 Å². The number of thiophene rings is 1. The summed E-state index contributed by atoms with van der Waals surface area (Å²) in [5.74, 6) is 0.438. The molecule has 1 aliphatic heterocycles. The van der Waals surface area contributed by atoms with Gasteiger partial charge in [0.05, 0.1) is 12.5 Å². The summed E-state index contributed by atoms with van der Waals surface area (Å²) in [6, 6.07) is 1.99. The van der Waals surface area contributed by atoms with Gasteiger partial charge in [-0.15, -0.1) is 0 Å². The molecule has 4 heteroatoms. The Labute approximate surface area is 99.7 Å². The average molecular weight is 239 g/mol. The molecular weight excluding hydrogens is 222 g/mol. The van der Waals surface area contributed by atoms with E-state index in [-0.39, 0.29) is 17.9 Å². The van der Waals surface area contributed by atoms with Crippen LogP contribution in [0.2, 0.25) is 0 Å². The molecule has 2 unspecified atom stereocenters. The molecule has 0 saturated carbocycles. The van der Waals surface area contributed by atoms with Crippen LogP contribution in [-0.4, -0.2) is 35.1 Å². The van der Waals surface area contributed by atoms with Crippen LogP contribution in [0.5, 0.6) is 0 Å². The molecule has 0 bridgehead atoms. The number of rotatable bonds is 3. The van der Waals surface area contributed by atoms with Gasteiger partial charge in [0.25, 0.3) is 0 Å². The smallest absolute Gasteiger partial charge is 0.227 e. The lowest BCUT2D eigenvalue weighted by molar-refractivity contribution is -0.129. The van der Waals surface area contributed by atoms with Crippen LogP contribution in [0.25, 0.3) is 0 Å². The summed E-state index contributed by atoms with van der Waals surface area (Å²) in [6.07, 6.45) is 1.11. The second kappa shape index (κ2) is 4.97. The molecule has 2 rings (SSSR count). The Kier molecular flexibility index (Phi) is 3.61. The van der Waals surface area contributed by atoms with Crippen molar-refractivity contribution in [2.24, 2.45) is 5.92 Å². The van der Waals surface area contributed by atoms with E-state index >= 15 is 0 Å². The maximum absolute atomic E-state index is 11.9. The van der Waals surface area contributed by atoms with Crippen molar-refractivity contribution in [1.82, 2.24) is 4.90 Å². The van der Waals surface area contributed by atoms with Crippen molar-refractivity contribution in [3.63, 3.8) is 0 Å². The summed E-state index contributed by atoms with van der Waals surface area (Å²) in [7, 11) is 0. The normalized spacial score (nSPS) is 22.4. The highest BCUT2D eigenvalue weighted by Gasteiger charge is 2.28. The van der Waals surface area contributed by atoms with E-state index in [1.165, 1.54) is 0 Å². The number of aliphatic hydroxyl groups is 1. The minimum Gasteiger partial charge on any atom is -0.393 e. The fourth-order valence-corrected chi connectivity index (χ4v) is 2.76. The van der Waals surface area contributed by atoms with E-state index in [1.54, 1.807) is 18.3 Å². The van der Waals surface area contributed by atoms with E-state index < -0.39 is 0 Å². The summed E-state index contributed by atoms with van der Waals surface area (Å²) in [5.41, 5.74) is 1.09. The maximum atomic E-state index is 11.9. The number of aliphatic hydroxyl groups excluding tert-OH is 1. The number of nitrogens with zero attached hydrogens (tertiary/aromatic N) is 1. The van der Waals surface area contributed by atoms with E-state index in [9.17, 15) is 9.90 Å². The first-order valence-corrected chi connectivity index (χ1v) is 6.58. The molecule has 2 heterocycles. The van der Waals surface area contributed by atoms with Crippen molar-refractivity contribution >= 4 is 17.2 Å². The Hall–Kier alpha value is -0.870. The number of hydrogen-bond acceptors (Lipinski definition) is 3. The fourth-order valence-electron chi connectivity index (χ4n) is 2.09. The van der Waals surface area contributed by atoms with E-state index in [0.29, 0.717) is 13.0 Å². The third-order valence-electron chi connectivity index (χ3n) is 3.20. The predicted octanol–water partition coefficient (Wildman–Crippen LogP) is 1.52. The monoisotopic (exact) mass is 239 g/mol.